The molecule has 1 aromatic rings. The van der Waals surface area contributed by atoms with E-state index in [0.717, 1.165) is 23.1 Å². The molecule has 0 unspecified atom stereocenters. The number of hydrogen-bond acceptors (Lipinski definition) is 3. The maximum absolute atomic E-state index is 12.4. The molecule has 2 amide bonds. The molecule has 122 valence electrons. The minimum atomic E-state index is -0.122. The van der Waals surface area contributed by atoms with E-state index in [1.807, 2.05) is 19.1 Å². The summed E-state index contributed by atoms with van der Waals surface area (Å²) in [4.78, 5) is 27.9. The van der Waals surface area contributed by atoms with Crippen LogP contribution in [0.25, 0.3) is 0 Å². The summed E-state index contributed by atoms with van der Waals surface area (Å²) in [5.41, 5.74) is 1.53. The molecular formula is C15H21BrClN3O2. The molecule has 0 saturated carbocycles. The van der Waals surface area contributed by atoms with Crippen LogP contribution in [0.1, 0.15) is 15.9 Å². The third-order valence-electron chi connectivity index (χ3n) is 3.61. The fourth-order valence-electron chi connectivity index (χ4n) is 2.36. The van der Waals surface area contributed by atoms with Gasteiger partial charge in [0.25, 0.3) is 5.91 Å². The highest BCUT2D eigenvalue weighted by molar-refractivity contribution is 9.10. The molecule has 1 aliphatic rings. The highest BCUT2D eigenvalue weighted by Gasteiger charge is 2.21. The largest absolute Gasteiger partial charge is 0.339 e. The zero-order valence-electron chi connectivity index (χ0n) is 12.8. The van der Waals surface area contributed by atoms with Gasteiger partial charge in [0, 0.05) is 43.3 Å². The summed E-state index contributed by atoms with van der Waals surface area (Å²) in [5, 5.41) is 3.21. The summed E-state index contributed by atoms with van der Waals surface area (Å²) in [6.07, 6.45) is 0. The summed E-state index contributed by atoms with van der Waals surface area (Å²) in [6.45, 7) is 5.05. The van der Waals surface area contributed by atoms with Crippen LogP contribution >= 0.6 is 28.3 Å². The summed E-state index contributed by atoms with van der Waals surface area (Å²) < 4.78 is 0.941. The first kappa shape index (κ1) is 18.9. The molecule has 5 nitrogen and oxygen atoms in total. The van der Waals surface area contributed by atoms with Crippen molar-refractivity contribution in [3.8, 4) is 0 Å². The molecule has 0 atom stereocenters. The van der Waals surface area contributed by atoms with Crippen molar-refractivity contribution in [3.63, 3.8) is 0 Å². The van der Waals surface area contributed by atoms with Gasteiger partial charge in [-0.05, 0) is 30.7 Å². The maximum Gasteiger partial charge on any atom is 0.254 e. The Balaban J connectivity index is 0.00000242. The molecule has 0 aromatic heterocycles. The van der Waals surface area contributed by atoms with Crippen molar-refractivity contribution < 1.29 is 9.59 Å². The van der Waals surface area contributed by atoms with Crippen molar-refractivity contribution >= 4 is 40.2 Å². The molecule has 1 N–H and O–H groups in total. The number of likely N-dealkylation sites (N-methyl/N-ethyl adjacent to an activating group) is 1. The second-order valence-corrected chi connectivity index (χ2v) is 6.17. The number of halogens is 2. The fourth-order valence-corrected chi connectivity index (χ4v) is 2.84. The van der Waals surface area contributed by atoms with Crippen LogP contribution in [0.3, 0.4) is 0 Å². The van der Waals surface area contributed by atoms with Crippen molar-refractivity contribution in [3.05, 3.63) is 33.8 Å². The molecule has 0 aliphatic carbocycles. The van der Waals surface area contributed by atoms with Gasteiger partial charge in [0.15, 0.2) is 0 Å². The monoisotopic (exact) mass is 389 g/mol. The van der Waals surface area contributed by atoms with Crippen molar-refractivity contribution in [2.75, 3.05) is 39.8 Å². The summed E-state index contributed by atoms with van der Waals surface area (Å²) >= 11 is 3.38. The first-order chi connectivity index (χ1) is 9.99. The number of aryl methyl sites for hydroxylation is 1. The van der Waals surface area contributed by atoms with Crippen LogP contribution in [-0.4, -0.2) is 61.4 Å². The molecule has 22 heavy (non-hydrogen) atoms. The van der Waals surface area contributed by atoms with Crippen LogP contribution in [-0.2, 0) is 4.79 Å². The number of carbonyl (C=O) groups excluding carboxylic acids is 2. The topological polar surface area (TPSA) is 52.7 Å². The van der Waals surface area contributed by atoms with Gasteiger partial charge in [-0.2, -0.15) is 0 Å². The molecule has 2 rings (SSSR count). The fraction of sp³-hybridized carbons (Fsp3) is 0.467. The zero-order chi connectivity index (χ0) is 15.4. The van der Waals surface area contributed by atoms with E-state index in [-0.39, 0.29) is 30.8 Å². The Morgan fingerprint density at radius 3 is 2.55 bits per heavy atom. The van der Waals surface area contributed by atoms with Gasteiger partial charge in [0.05, 0.1) is 6.54 Å². The van der Waals surface area contributed by atoms with E-state index >= 15 is 0 Å². The summed E-state index contributed by atoms with van der Waals surface area (Å²) in [7, 11) is 1.67. The predicted octanol–water partition coefficient (Wildman–Crippen LogP) is 1.68. The van der Waals surface area contributed by atoms with Gasteiger partial charge >= 0.3 is 0 Å². The minimum absolute atomic E-state index is 0. The standard InChI is InChI=1S/C15H20BrN3O2.ClH/c1-11-9-12(16)3-4-13(11)15(21)18(2)10-14(20)19-7-5-17-6-8-19;/h3-4,9,17H,5-8,10H2,1-2H3;1H. The molecule has 7 heteroatoms. The molecular weight excluding hydrogens is 370 g/mol. The van der Waals surface area contributed by atoms with Crippen molar-refractivity contribution in [1.29, 1.82) is 0 Å². The molecule has 1 aromatic carbocycles. The first-order valence-electron chi connectivity index (χ1n) is 6.99. The third-order valence-corrected chi connectivity index (χ3v) is 4.10. The normalized spacial score (nSPS) is 14.2. The number of amides is 2. The summed E-state index contributed by atoms with van der Waals surface area (Å²) in [5.74, 6) is -0.120. The average molecular weight is 391 g/mol. The van der Waals surface area contributed by atoms with E-state index in [4.69, 9.17) is 0 Å². The summed E-state index contributed by atoms with van der Waals surface area (Å²) in [6, 6.07) is 5.53. The smallest absolute Gasteiger partial charge is 0.254 e. The lowest BCUT2D eigenvalue weighted by atomic mass is 10.1. The van der Waals surface area contributed by atoms with Crippen molar-refractivity contribution in [2.24, 2.45) is 0 Å². The average Bonchev–Trinajstić information content (AvgIpc) is 2.47. The Morgan fingerprint density at radius 1 is 1.32 bits per heavy atom. The molecule has 1 saturated heterocycles. The van der Waals surface area contributed by atoms with Crippen molar-refractivity contribution in [2.45, 2.75) is 6.92 Å². The second-order valence-electron chi connectivity index (χ2n) is 5.25. The van der Waals surface area contributed by atoms with Crippen LogP contribution in [0.5, 0.6) is 0 Å². The van der Waals surface area contributed by atoms with Crippen LogP contribution in [0, 0.1) is 6.92 Å². The third kappa shape index (κ3) is 4.69. The number of piperazine rings is 1. The van der Waals surface area contributed by atoms with Crippen LogP contribution in [0.2, 0.25) is 0 Å². The minimum Gasteiger partial charge on any atom is -0.339 e. The van der Waals surface area contributed by atoms with E-state index < -0.39 is 0 Å². The number of hydrogen-bond donors (Lipinski definition) is 1. The van der Waals surface area contributed by atoms with Crippen LogP contribution < -0.4 is 5.32 Å². The first-order valence-corrected chi connectivity index (χ1v) is 7.78. The van der Waals surface area contributed by atoms with Gasteiger partial charge in [0.1, 0.15) is 0 Å². The van der Waals surface area contributed by atoms with Gasteiger partial charge in [-0.25, -0.2) is 0 Å². The Bertz CT molecular complexity index is 548. The van der Waals surface area contributed by atoms with Crippen molar-refractivity contribution in [1.82, 2.24) is 15.1 Å². The predicted molar refractivity (Wildman–Crippen MR) is 92.5 cm³/mol. The second kappa shape index (κ2) is 8.50. The number of nitrogens with one attached hydrogen (secondary N) is 1. The number of carbonyl (C=O) groups is 2. The van der Waals surface area contributed by atoms with Gasteiger partial charge in [0.2, 0.25) is 5.91 Å². The van der Waals surface area contributed by atoms with E-state index in [1.165, 1.54) is 4.90 Å². The van der Waals surface area contributed by atoms with Gasteiger partial charge < -0.3 is 15.1 Å². The highest BCUT2D eigenvalue weighted by atomic mass is 79.9. The molecule has 1 fully saturated rings. The number of nitrogens with zero attached hydrogens (tertiary/aromatic N) is 2. The van der Waals surface area contributed by atoms with Gasteiger partial charge in [-0.1, -0.05) is 15.9 Å². The van der Waals surface area contributed by atoms with E-state index in [9.17, 15) is 9.59 Å². The van der Waals surface area contributed by atoms with E-state index in [1.54, 1.807) is 18.0 Å². The molecule has 1 heterocycles. The SMILES string of the molecule is Cc1cc(Br)ccc1C(=O)N(C)CC(=O)N1CCNCC1.Cl. The van der Waals surface area contributed by atoms with Gasteiger partial charge in [-0.15, -0.1) is 12.4 Å². The van der Waals surface area contributed by atoms with E-state index in [0.29, 0.717) is 18.7 Å². The van der Waals surface area contributed by atoms with Crippen LogP contribution in [0.15, 0.2) is 22.7 Å². The maximum atomic E-state index is 12.4. The zero-order valence-corrected chi connectivity index (χ0v) is 15.2. The highest BCUT2D eigenvalue weighted by Crippen LogP contribution is 2.17. The Morgan fingerprint density at radius 2 is 1.95 bits per heavy atom. The lowest BCUT2D eigenvalue weighted by molar-refractivity contribution is -0.132. The Kier molecular flexibility index (Phi) is 7.32. The Hall–Kier alpha value is -1.11. The molecule has 0 bridgehead atoms. The van der Waals surface area contributed by atoms with Gasteiger partial charge in [-0.3, -0.25) is 9.59 Å². The lowest BCUT2D eigenvalue weighted by Crippen LogP contribution is -2.49. The molecule has 1 aliphatic heterocycles. The van der Waals surface area contributed by atoms with E-state index in [2.05, 4.69) is 21.2 Å². The number of benzene rings is 1. The number of rotatable bonds is 3. The molecule has 0 radical (unpaired) electrons. The molecule has 0 spiro atoms. The lowest BCUT2D eigenvalue weighted by Gasteiger charge is -2.29. The van der Waals surface area contributed by atoms with Crippen LogP contribution in [0.4, 0.5) is 0 Å². The quantitative estimate of drug-likeness (QED) is 0.854. The Labute approximate surface area is 145 Å².